The van der Waals surface area contributed by atoms with E-state index in [0.717, 1.165) is 10.1 Å². The second-order valence-corrected chi connectivity index (χ2v) is 9.19. The number of hydrogen-bond acceptors (Lipinski definition) is 5. The summed E-state index contributed by atoms with van der Waals surface area (Å²) in [5, 5.41) is 0.166. The van der Waals surface area contributed by atoms with E-state index in [1.807, 2.05) is 19.9 Å². The molecular weight excluding hydrogens is 392 g/mol. The summed E-state index contributed by atoms with van der Waals surface area (Å²) in [7, 11) is -1.01. The first-order chi connectivity index (χ1) is 13.6. The van der Waals surface area contributed by atoms with Crippen molar-refractivity contribution in [1.29, 1.82) is 0 Å². The summed E-state index contributed by atoms with van der Waals surface area (Å²) in [5.74, 6) is 0.251. The third kappa shape index (κ3) is 4.15. The summed E-state index contributed by atoms with van der Waals surface area (Å²) in [6, 6.07) is 7.33. The van der Waals surface area contributed by atoms with Crippen LogP contribution in [0.2, 0.25) is 0 Å². The van der Waals surface area contributed by atoms with Crippen LogP contribution in [0.5, 0.6) is 0 Å². The van der Waals surface area contributed by atoms with Crippen molar-refractivity contribution in [2.24, 2.45) is 20.0 Å². The second kappa shape index (κ2) is 7.92. The van der Waals surface area contributed by atoms with E-state index >= 15 is 0 Å². The van der Waals surface area contributed by atoms with Gasteiger partial charge >= 0.3 is 5.69 Å². The molecule has 9 heteroatoms. The number of pyridine rings is 1. The Kier molecular flexibility index (Phi) is 5.72. The van der Waals surface area contributed by atoms with Crippen LogP contribution in [0.25, 0.3) is 10.9 Å². The molecule has 3 rings (SSSR count). The lowest BCUT2D eigenvalue weighted by Gasteiger charge is -2.21. The van der Waals surface area contributed by atoms with Crippen molar-refractivity contribution in [1.82, 2.24) is 18.8 Å². The van der Waals surface area contributed by atoms with E-state index in [9.17, 15) is 18.0 Å². The summed E-state index contributed by atoms with van der Waals surface area (Å²) in [5.41, 5.74) is 0.142. The van der Waals surface area contributed by atoms with Gasteiger partial charge in [-0.2, -0.15) is 0 Å². The molecule has 0 fully saturated rings. The molecular formula is C20H24N4O4S. The normalized spacial score (nSPS) is 13.1. The number of nitrogens with one attached hydrogen (secondary N) is 1. The van der Waals surface area contributed by atoms with Crippen molar-refractivity contribution >= 4 is 20.9 Å². The molecule has 0 spiro atoms. The van der Waals surface area contributed by atoms with Gasteiger partial charge in [0.15, 0.2) is 0 Å². The van der Waals surface area contributed by atoms with Crippen LogP contribution in [-0.2, 0) is 24.1 Å². The average Bonchev–Trinajstić information content (AvgIpc) is 2.70. The zero-order valence-corrected chi connectivity index (χ0v) is 17.6. The van der Waals surface area contributed by atoms with Crippen molar-refractivity contribution in [2.45, 2.75) is 31.2 Å². The summed E-state index contributed by atoms with van der Waals surface area (Å²) in [6.45, 7) is 4.02. The van der Waals surface area contributed by atoms with Gasteiger partial charge in [-0.1, -0.05) is 19.9 Å². The molecule has 1 N–H and O–H groups in total. The number of hydrogen-bond donors (Lipinski definition) is 1. The zero-order chi connectivity index (χ0) is 21.3. The summed E-state index contributed by atoms with van der Waals surface area (Å²) in [4.78, 5) is 28.6. The van der Waals surface area contributed by atoms with Gasteiger partial charge in [0.1, 0.15) is 0 Å². The van der Waals surface area contributed by atoms with Crippen molar-refractivity contribution in [2.75, 3.05) is 0 Å². The molecule has 0 saturated carbocycles. The number of sulfonamides is 1. The van der Waals surface area contributed by atoms with Crippen molar-refractivity contribution in [3.63, 3.8) is 0 Å². The van der Waals surface area contributed by atoms with Crippen LogP contribution in [0.15, 0.2) is 57.2 Å². The van der Waals surface area contributed by atoms with Crippen LogP contribution < -0.4 is 16.0 Å². The second-order valence-electron chi connectivity index (χ2n) is 7.47. The van der Waals surface area contributed by atoms with E-state index < -0.39 is 27.3 Å². The Morgan fingerprint density at radius 1 is 1.10 bits per heavy atom. The fourth-order valence-corrected chi connectivity index (χ4v) is 4.57. The minimum atomic E-state index is -3.91. The average molecular weight is 417 g/mol. The van der Waals surface area contributed by atoms with Crippen LogP contribution in [0.1, 0.15) is 31.9 Å². The van der Waals surface area contributed by atoms with Gasteiger partial charge in [-0.3, -0.25) is 18.9 Å². The van der Waals surface area contributed by atoms with Crippen molar-refractivity contribution in [3.8, 4) is 0 Å². The van der Waals surface area contributed by atoms with E-state index in [4.69, 9.17) is 0 Å². The van der Waals surface area contributed by atoms with Gasteiger partial charge in [0, 0.05) is 32.5 Å². The number of rotatable bonds is 6. The van der Waals surface area contributed by atoms with Gasteiger partial charge in [-0.05, 0) is 42.2 Å². The minimum absolute atomic E-state index is 0.0293. The van der Waals surface area contributed by atoms with Crippen LogP contribution in [0, 0.1) is 5.92 Å². The Morgan fingerprint density at radius 3 is 2.45 bits per heavy atom. The molecule has 0 aliphatic rings. The molecule has 0 aliphatic carbocycles. The molecule has 1 aromatic carbocycles. The summed E-state index contributed by atoms with van der Waals surface area (Å²) in [6.07, 6.45) is 3.87. The molecule has 0 saturated heterocycles. The molecule has 154 valence electrons. The van der Waals surface area contributed by atoms with E-state index in [-0.39, 0.29) is 16.2 Å². The predicted octanol–water partition coefficient (Wildman–Crippen LogP) is 1.70. The van der Waals surface area contributed by atoms with E-state index in [0.29, 0.717) is 11.9 Å². The maximum absolute atomic E-state index is 13.1. The fourth-order valence-electron chi connectivity index (χ4n) is 3.30. The van der Waals surface area contributed by atoms with Gasteiger partial charge in [-0.25, -0.2) is 17.9 Å². The highest BCUT2D eigenvalue weighted by Crippen LogP contribution is 2.24. The maximum Gasteiger partial charge on any atom is 0.330 e. The quantitative estimate of drug-likeness (QED) is 0.659. The van der Waals surface area contributed by atoms with Gasteiger partial charge in [0.2, 0.25) is 10.0 Å². The van der Waals surface area contributed by atoms with E-state index in [2.05, 4.69) is 9.71 Å². The molecule has 3 aromatic rings. The minimum Gasteiger partial charge on any atom is -0.296 e. The molecule has 0 bridgehead atoms. The smallest absolute Gasteiger partial charge is 0.296 e. The highest BCUT2D eigenvalue weighted by Gasteiger charge is 2.23. The van der Waals surface area contributed by atoms with Gasteiger partial charge in [-0.15, -0.1) is 0 Å². The Morgan fingerprint density at radius 2 is 1.83 bits per heavy atom. The topological polar surface area (TPSA) is 103 Å². The highest BCUT2D eigenvalue weighted by molar-refractivity contribution is 7.89. The Bertz CT molecular complexity index is 1260. The monoisotopic (exact) mass is 416 g/mol. The number of fused-ring (bicyclic) bond motifs is 1. The summed E-state index contributed by atoms with van der Waals surface area (Å²) >= 11 is 0. The molecule has 29 heavy (non-hydrogen) atoms. The van der Waals surface area contributed by atoms with Crippen LogP contribution >= 0.6 is 0 Å². The lowest BCUT2D eigenvalue weighted by Crippen LogP contribution is -2.37. The zero-order valence-electron chi connectivity index (χ0n) is 16.8. The predicted molar refractivity (Wildman–Crippen MR) is 111 cm³/mol. The molecule has 8 nitrogen and oxygen atoms in total. The number of benzene rings is 1. The molecule has 1 atom stereocenters. The number of aromatic nitrogens is 3. The third-order valence-electron chi connectivity index (χ3n) is 4.84. The van der Waals surface area contributed by atoms with Crippen LogP contribution in [-0.4, -0.2) is 22.5 Å². The largest absolute Gasteiger partial charge is 0.330 e. The van der Waals surface area contributed by atoms with Crippen molar-refractivity contribution < 1.29 is 8.42 Å². The Labute approximate surface area is 168 Å². The molecule has 2 heterocycles. The number of aryl methyl sites for hydroxylation is 1. The van der Waals surface area contributed by atoms with E-state index in [1.165, 1.54) is 36.9 Å². The van der Waals surface area contributed by atoms with Gasteiger partial charge < -0.3 is 0 Å². The third-order valence-corrected chi connectivity index (χ3v) is 6.31. The highest BCUT2D eigenvalue weighted by atomic mass is 32.2. The van der Waals surface area contributed by atoms with Crippen molar-refractivity contribution in [3.05, 3.63) is 69.1 Å². The van der Waals surface area contributed by atoms with Crippen LogP contribution in [0.4, 0.5) is 0 Å². The standard InChI is InChI=1S/C20H24N4O4S/c1-13(2)10-17(14-6-5-9-21-12-14)22-29(27,28)15-7-8-18-16(11-15)19(25)24(4)20(26)23(18)3/h5-9,11-13,17,22H,10H2,1-4H3/t17-/m1/s1. The van der Waals surface area contributed by atoms with Gasteiger partial charge in [0.05, 0.1) is 15.8 Å². The lowest BCUT2D eigenvalue weighted by atomic mass is 9.99. The molecule has 0 aliphatic heterocycles. The van der Waals surface area contributed by atoms with E-state index in [1.54, 1.807) is 18.5 Å². The summed E-state index contributed by atoms with van der Waals surface area (Å²) < 4.78 is 31.2. The molecule has 2 aromatic heterocycles. The number of nitrogens with zero attached hydrogens (tertiary/aromatic N) is 3. The molecule has 0 unspecified atom stereocenters. The van der Waals surface area contributed by atoms with Crippen LogP contribution in [0.3, 0.4) is 0 Å². The lowest BCUT2D eigenvalue weighted by molar-refractivity contribution is 0.471. The first kappa shape index (κ1) is 20.9. The maximum atomic E-state index is 13.1. The molecule has 0 radical (unpaired) electrons. The first-order valence-corrected chi connectivity index (χ1v) is 10.7. The Hall–Kier alpha value is -2.78. The first-order valence-electron chi connectivity index (χ1n) is 9.24. The van der Waals surface area contributed by atoms with Gasteiger partial charge in [0.25, 0.3) is 5.56 Å². The SMILES string of the molecule is CC(C)C[C@@H](NS(=O)(=O)c1ccc2c(c1)c(=O)n(C)c(=O)n2C)c1cccnc1. The Balaban J connectivity index is 2.07. The molecule has 0 amide bonds. The fraction of sp³-hybridized carbons (Fsp3) is 0.350.